The number of carbonyl (C=O) groups excluding carboxylic acids is 1. The normalized spacial score (nSPS) is 16.0. The molecule has 0 bridgehead atoms. The predicted molar refractivity (Wildman–Crippen MR) is 95.7 cm³/mol. The van der Waals surface area contributed by atoms with Crippen molar-refractivity contribution in [2.24, 2.45) is 0 Å². The first-order valence-corrected chi connectivity index (χ1v) is 8.83. The number of carbonyl (C=O) groups is 1. The summed E-state index contributed by atoms with van der Waals surface area (Å²) in [5.41, 5.74) is -0.0563. The van der Waals surface area contributed by atoms with Crippen molar-refractivity contribution >= 4 is 17.5 Å². The van der Waals surface area contributed by atoms with Crippen molar-refractivity contribution in [3.05, 3.63) is 29.3 Å². The molecule has 5 nitrogen and oxygen atoms in total. The summed E-state index contributed by atoms with van der Waals surface area (Å²) in [6.45, 7) is 8.82. The van der Waals surface area contributed by atoms with Gasteiger partial charge in [0, 0.05) is 36.6 Å². The van der Waals surface area contributed by atoms with E-state index in [1.165, 1.54) is 0 Å². The number of ether oxygens (including phenoxy) is 2. The Morgan fingerprint density at radius 3 is 2.62 bits per heavy atom. The Bertz CT molecular complexity index is 514. The maximum atomic E-state index is 12.0. The zero-order valence-electron chi connectivity index (χ0n) is 14.5. The molecule has 1 aromatic carbocycles. The molecule has 0 radical (unpaired) electrons. The molecule has 0 aromatic heterocycles. The molecule has 2 rings (SSSR count). The third-order valence-electron chi connectivity index (χ3n) is 4.22. The van der Waals surface area contributed by atoms with E-state index >= 15 is 0 Å². The van der Waals surface area contributed by atoms with Gasteiger partial charge >= 0.3 is 0 Å². The highest BCUT2D eigenvalue weighted by atomic mass is 35.5. The maximum absolute atomic E-state index is 12.0. The van der Waals surface area contributed by atoms with Gasteiger partial charge in [-0.3, -0.25) is 9.69 Å². The summed E-state index contributed by atoms with van der Waals surface area (Å²) in [5.74, 6) is 0.837. The number of rotatable bonds is 8. The number of hydrogen-bond acceptors (Lipinski definition) is 4. The third kappa shape index (κ3) is 6.30. The SMILES string of the molecule is CC(C)(CNC(=O)CCCOc1ccc(Cl)cc1)N1CCOCC1. The molecule has 6 heteroatoms. The monoisotopic (exact) mass is 354 g/mol. The third-order valence-corrected chi connectivity index (χ3v) is 4.47. The summed E-state index contributed by atoms with van der Waals surface area (Å²) >= 11 is 5.82. The van der Waals surface area contributed by atoms with Gasteiger partial charge in [0.15, 0.2) is 0 Å². The molecular formula is C18H27ClN2O3. The number of morpholine rings is 1. The molecule has 24 heavy (non-hydrogen) atoms. The summed E-state index contributed by atoms with van der Waals surface area (Å²) in [4.78, 5) is 14.4. The fourth-order valence-corrected chi connectivity index (χ4v) is 2.76. The fraction of sp³-hybridized carbons (Fsp3) is 0.611. The number of amides is 1. The average molecular weight is 355 g/mol. The van der Waals surface area contributed by atoms with Crippen LogP contribution in [0.15, 0.2) is 24.3 Å². The molecule has 0 unspecified atom stereocenters. The van der Waals surface area contributed by atoms with Gasteiger partial charge in [-0.2, -0.15) is 0 Å². The Kier molecular flexibility index (Phi) is 7.34. The fourth-order valence-electron chi connectivity index (χ4n) is 2.64. The van der Waals surface area contributed by atoms with Crippen LogP contribution in [-0.2, 0) is 9.53 Å². The van der Waals surface area contributed by atoms with E-state index < -0.39 is 0 Å². The van der Waals surface area contributed by atoms with Gasteiger partial charge in [-0.05, 0) is 44.5 Å². The van der Waals surface area contributed by atoms with E-state index in [0.717, 1.165) is 32.1 Å². The number of hydrogen-bond donors (Lipinski definition) is 1. The standard InChI is InChI=1S/C18H27ClN2O3/c1-18(2,21-9-12-23-13-10-21)14-20-17(22)4-3-11-24-16-7-5-15(19)6-8-16/h5-8H,3-4,9-14H2,1-2H3,(H,20,22). The molecule has 0 aliphatic carbocycles. The van der Waals surface area contributed by atoms with E-state index in [4.69, 9.17) is 21.1 Å². The number of benzene rings is 1. The van der Waals surface area contributed by atoms with E-state index in [9.17, 15) is 4.79 Å². The molecule has 1 saturated heterocycles. The Balaban J connectivity index is 1.61. The van der Waals surface area contributed by atoms with Crippen LogP contribution in [0.2, 0.25) is 5.02 Å². The molecule has 0 spiro atoms. The van der Waals surface area contributed by atoms with Crippen LogP contribution in [0.4, 0.5) is 0 Å². The second-order valence-electron chi connectivity index (χ2n) is 6.59. The van der Waals surface area contributed by atoms with Gasteiger partial charge < -0.3 is 14.8 Å². The summed E-state index contributed by atoms with van der Waals surface area (Å²) in [7, 11) is 0. The van der Waals surface area contributed by atoms with Crippen molar-refractivity contribution < 1.29 is 14.3 Å². The molecule has 1 aliphatic rings. The molecule has 0 atom stereocenters. The Hall–Kier alpha value is -1.30. The van der Waals surface area contributed by atoms with E-state index in [1.807, 2.05) is 12.1 Å². The van der Waals surface area contributed by atoms with E-state index in [2.05, 4.69) is 24.1 Å². The molecule has 1 aliphatic heterocycles. The number of nitrogens with one attached hydrogen (secondary N) is 1. The average Bonchev–Trinajstić information content (AvgIpc) is 2.59. The Labute approximate surface area is 149 Å². The summed E-state index contributed by atoms with van der Waals surface area (Å²) in [6.07, 6.45) is 1.15. The maximum Gasteiger partial charge on any atom is 0.220 e. The molecular weight excluding hydrogens is 328 g/mol. The molecule has 1 amide bonds. The summed E-state index contributed by atoms with van der Waals surface area (Å²) in [6, 6.07) is 7.23. The van der Waals surface area contributed by atoms with Gasteiger partial charge in [-0.1, -0.05) is 11.6 Å². The number of halogens is 1. The van der Waals surface area contributed by atoms with Crippen LogP contribution in [-0.4, -0.2) is 55.8 Å². The van der Waals surface area contributed by atoms with Gasteiger partial charge in [0.25, 0.3) is 0 Å². The summed E-state index contributed by atoms with van der Waals surface area (Å²) < 4.78 is 11.0. The molecule has 1 heterocycles. The zero-order valence-corrected chi connectivity index (χ0v) is 15.3. The first kappa shape index (κ1) is 19.0. The van der Waals surface area contributed by atoms with Crippen LogP contribution in [0.1, 0.15) is 26.7 Å². The minimum Gasteiger partial charge on any atom is -0.494 e. The van der Waals surface area contributed by atoms with E-state index in [1.54, 1.807) is 12.1 Å². The van der Waals surface area contributed by atoms with Gasteiger partial charge in [0.05, 0.1) is 19.8 Å². The minimum absolute atomic E-state index is 0.0563. The molecule has 1 N–H and O–H groups in total. The second kappa shape index (κ2) is 9.25. The first-order valence-electron chi connectivity index (χ1n) is 8.45. The highest BCUT2D eigenvalue weighted by molar-refractivity contribution is 6.30. The van der Waals surface area contributed by atoms with Crippen LogP contribution in [0.25, 0.3) is 0 Å². The highest BCUT2D eigenvalue weighted by Gasteiger charge is 2.28. The zero-order chi connectivity index (χ0) is 17.4. The predicted octanol–water partition coefficient (Wildman–Crippen LogP) is 2.73. The smallest absolute Gasteiger partial charge is 0.220 e. The first-order chi connectivity index (χ1) is 11.5. The topological polar surface area (TPSA) is 50.8 Å². The van der Waals surface area contributed by atoms with Gasteiger partial charge in [-0.25, -0.2) is 0 Å². The van der Waals surface area contributed by atoms with Crippen molar-refractivity contribution in [2.75, 3.05) is 39.5 Å². The van der Waals surface area contributed by atoms with Crippen molar-refractivity contribution in [1.29, 1.82) is 0 Å². The second-order valence-corrected chi connectivity index (χ2v) is 7.03. The van der Waals surface area contributed by atoms with Crippen molar-refractivity contribution in [3.8, 4) is 5.75 Å². The Morgan fingerprint density at radius 2 is 1.96 bits per heavy atom. The number of nitrogens with zero attached hydrogens (tertiary/aromatic N) is 1. The minimum atomic E-state index is -0.0563. The van der Waals surface area contributed by atoms with Gasteiger partial charge in [-0.15, -0.1) is 0 Å². The van der Waals surface area contributed by atoms with Crippen molar-refractivity contribution in [2.45, 2.75) is 32.2 Å². The van der Waals surface area contributed by atoms with Crippen molar-refractivity contribution in [1.82, 2.24) is 10.2 Å². The lowest BCUT2D eigenvalue weighted by molar-refractivity contribution is -0.122. The van der Waals surface area contributed by atoms with Crippen LogP contribution in [0.5, 0.6) is 5.75 Å². The molecule has 1 aromatic rings. The largest absolute Gasteiger partial charge is 0.494 e. The van der Waals surface area contributed by atoms with E-state index in [-0.39, 0.29) is 11.4 Å². The van der Waals surface area contributed by atoms with Crippen molar-refractivity contribution in [3.63, 3.8) is 0 Å². The van der Waals surface area contributed by atoms with Crippen LogP contribution >= 0.6 is 11.6 Å². The van der Waals surface area contributed by atoms with Gasteiger partial charge in [0.2, 0.25) is 5.91 Å². The van der Waals surface area contributed by atoms with Crippen LogP contribution in [0.3, 0.4) is 0 Å². The lowest BCUT2D eigenvalue weighted by Crippen LogP contribution is -2.55. The highest BCUT2D eigenvalue weighted by Crippen LogP contribution is 2.16. The quantitative estimate of drug-likeness (QED) is 0.729. The Morgan fingerprint density at radius 1 is 1.29 bits per heavy atom. The molecule has 1 fully saturated rings. The van der Waals surface area contributed by atoms with Crippen LogP contribution in [0, 0.1) is 0 Å². The lowest BCUT2D eigenvalue weighted by atomic mass is 10.0. The molecule has 0 saturated carbocycles. The molecule has 134 valence electrons. The lowest BCUT2D eigenvalue weighted by Gasteiger charge is -2.40. The summed E-state index contributed by atoms with van der Waals surface area (Å²) in [5, 5.41) is 3.72. The van der Waals surface area contributed by atoms with Gasteiger partial charge in [0.1, 0.15) is 5.75 Å². The van der Waals surface area contributed by atoms with E-state index in [0.29, 0.717) is 31.0 Å². The van der Waals surface area contributed by atoms with Crippen LogP contribution < -0.4 is 10.1 Å².